The molecule has 0 saturated carbocycles. The summed E-state index contributed by atoms with van der Waals surface area (Å²) in [5.74, 6) is 0.555. The molecule has 0 fully saturated rings. The van der Waals surface area contributed by atoms with Crippen LogP contribution >= 0.6 is 23.1 Å². The van der Waals surface area contributed by atoms with E-state index in [4.69, 9.17) is 5.11 Å². The Kier molecular flexibility index (Phi) is 3.41. The first kappa shape index (κ1) is 12.2. The second-order valence-corrected chi connectivity index (χ2v) is 6.50. The second kappa shape index (κ2) is 5.03. The van der Waals surface area contributed by atoms with E-state index in [0.29, 0.717) is 10.9 Å². The summed E-state index contributed by atoms with van der Waals surface area (Å²) in [4.78, 5) is 21.6. The fourth-order valence-corrected chi connectivity index (χ4v) is 4.28. The maximum atomic E-state index is 12.1. The molecular formula is C12H14N2O2S2. The Morgan fingerprint density at radius 2 is 2.22 bits per heavy atom. The van der Waals surface area contributed by atoms with Gasteiger partial charge in [-0.1, -0.05) is 11.8 Å². The minimum atomic E-state index is -0.0279. The fourth-order valence-electron chi connectivity index (χ4n) is 2.35. The first-order valence-corrected chi connectivity index (χ1v) is 7.88. The van der Waals surface area contributed by atoms with Crippen molar-refractivity contribution in [2.24, 2.45) is 0 Å². The Bertz CT molecular complexity index is 633. The minimum Gasteiger partial charge on any atom is -0.396 e. The largest absolute Gasteiger partial charge is 0.396 e. The Morgan fingerprint density at radius 3 is 3.06 bits per heavy atom. The van der Waals surface area contributed by atoms with E-state index in [1.54, 1.807) is 11.3 Å². The van der Waals surface area contributed by atoms with Crippen molar-refractivity contribution in [1.82, 2.24) is 9.97 Å². The molecule has 0 bridgehead atoms. The van der Waals surface area contributed by atoms with Crippen LogP contribution in [-0.2, 0) is 12.8 Å². The highest BCUT2D eigenvalue weighted by molar-refractivity contribution is 7.99. The summed E-state index contributed by atoms with van der Waals surface area (Å²) < 4.78 is 0. The van der Waals surface area contributed by atoms with Crippen LogP contribution in [0, 0.1) is 0 Å². The molecule has 0 aliphatic heterocycles. The molecule has 0 atom stereocenters. The quantitative estimate of drug-likeness (QED) is 0.667. The van der Waals surface area contributed by atoms with Crippen LogP contribution in [0.15, 0.2) is 9.95 Å². The molecule has 4 nitrogen and oxygen atoms in total. The summed E-state index contributed by atoms with van der Waals surface area (Å²) in [6, 6.07) is 0. The normalized spacial score (nSPS) is 14.9. The van der Waals surface area contributed by atoms with Crippen LogP contribution in [-0.4, -0.2) is 27.4 Å². The van der Waals surface area contributed by atoms with Crippen molar-refractivity contribution in [2.45, 2.75) is 30.8 Å². The molecule has 0 radical (unpaired) electrons. The zero-order valence-electron chi connectivity index (χ0n) is 9.86. The van der Waals surface area contributed by atoms with E-state index in [1.807, 2.05) is 0 Å². The lowest BCUT2D eigenvalue weighted by molar-refractivity contribution is 0.322. The molecule has 1 aliphatic carbocycles. The molecule has 0 unspecified atom stereocenters. The van der Waals surface area contributed by atoms with Crippen LogP contribution in [0.5, 0.6) is 0 Å². The van der Waals surface area contributed by atoms with E-state index < -0.39 is 0 Å². The average Bonchev–Trinajstić information content (AvgIpc) is 2.74. The first-order valence-electron chi connectivity index (χ1n) is 6.08. The zero-order chi connectivity index (χ0) is 12.5. The number of aromatic amines is 1. The summed E-state index contributed by atoms with van der Waals surface area (Å²) >= 11 is 3.04. The SMILES string of the molecule is O=c1[nH]c(SCCO)nc2sc3c(c12)CCCC3. The summed E-state index contributed by atoms with van der Waals surface area (Å²) in [7, 11) is 0. The van der Waals surface area contributed by atoms with Crippen LogP contribution in [0.4, 0.5) is 0 Å². The van der Waals surface area contributed by atoms with Crippen molar-refractivity contribution in [3.05, 3.63) is 20.8 Å². The van der Waals surface area contributed by atoms with Crippen LogP contribution in [0.2, 0.25) is 0 Å². The number of aliphatic hydroxyl groups is 1. The molecule has 0 saturated heterocycles. The van der Waals surface area contributed by atoms with Crippen molar-refractivity contribution in [1.29, 1.82) is 0 Å². The number of hydrogen-bond donors (Lipinski definition) is 2. The standard InChI is InChI=1S/C12H14N2O2S2/c15-5-6-17-12-13-10(16)9-7-3-1-2-4-8(7)18-11(9)14-12/h15H,1-6H2,(H,13,14,16). The predicted molar refractivity (Wildman–Crippen MR) is 74.7 cm³/mol. The third-order valence-corrected chi connectivity index (χ3v) is 5.17. The first-order chi connectivity index (χ1) is 8.79. The van der Waals surface area contributed by atoms with Gasteiger partial charge in [0.25, 0.3) is 5.56 Å². The Balaban J connectivity index is 2.11. The van der Waals surface area contributed by atoms with Crippen LogP contribution in [0.25, 0.3) is 10.2 Å². The van der Waals surface area contributed by atoms with Gasteiger partial charge in [-0.2, -0.15) is 0 Å². The van der Waals surface area contributed by atoms with Crippen molar-refractivity contribution in [2.75, 3.05) is 12.4 Å². The third-order valence-electron chi connectivity index (χ3n) is 3.13. The lowest BCUT2D eigenvalue weighted by atomic mass is 9.97. The number of aryl methyl sites for hydroxylation is 2. The molecule has 0 amide bonds. The third kappa shape index (κ3) is 2.08. The molecule has 3 rings (SSSR count). The molecular weight excluding hydrogens is 268 g/mol. The molecule has 2 aromatic heterocycles. The number of fused-ring (bicyclic) bond motifs is 3. The van der Waals surface area contributed by atoms with Gasteiger partial charge in [0.2, 0.25) is 0 Å². The van der Waals surface area contributed by atoms with Crippen molar-refractivity contribution in [3.63, 3.8) is 0 Å². The van der Waals surface area contributed by atoms with Gasteiger partial charge in [-0.15, -0.1) is 11.3 Å². The fraction of sp³-hybridized carbons (Fsp3) is 0.500. The van der Waals surface area contributed by atoms with Gasteiger partial charge in [-0.3, -0.25) is 4.79 Å². The van der Waals surface area contributed by atoms with Gasteiger partial charge in [0.15, 0.2) is 5.16 Å². The summed E-state index contributed by atoms with van der Waals surface area (Å²) in [6.45, 7) is 0.0906. The van der Waals surface area contributed by atoms with E-state index in [0.717, 1.165) is 23.1 Å². The maximum absolute atomic E-state index is 12.1. The van der Waals surface area contributed by atoms with Gasteiger partial charge in [-0.25, -0.2) is 4.98 Å². The summed E-state index contributed by atoms with van der Waals surface area (Å²) in [5.41, 5.74) is 1.19. The number of nitrogens with zero attached hydrogens (tertiary/aromatic N) is 1. The molecule has 1 aliphatic rings. The maximum Gasteiger partial charge on any atom is 0.260 e. The van der Waals surface area contributed by atoms with Gasteiger partial charge in [0.1, 0.15) is 4.83 Å². The monoisotopic (exact) mass is 282 g/mol. The Labute approximate surface area is 112 Å². The van der Waals surface area contributed by atoms with Gasteiger partial charge in [0.05, 0.1) is 12.0 Å². The molecule has 0 aromatic carbocycles. The summed E-state index contributed by atoms with van der Waals surface area (Å²) in [6.07, 6.45) is 4.46. The van der Waals surface area contributed by atoms with Gasteiger partial charge in [-0.05, 0) is 31.2 Å². The number of hydrogen-bond acceptors (Lipinski definition) is 5. The molecule has 6 heteroatoms. The average molecular weight is 282 g/mol. The van der Waals surface area contributed by atoms with E-state index >= 15 is 0 Å². The van der Waals surface area contributed by atoms with Crippen LogP contribution in [0.3, 0.4) is 0 Å². The molecule has 2 aromatic rings. The number of aliphatic hydroxyl groups excluding tert-OH is 1. The number of nitrogens with one attached hydrogen (secondary N) is 1. The van der Waals surface area contributed by atoms with Crippen molar-refractivity contribution in [3.8, 4) is 0 Å². The Morgan fingerprint density at radius 1 is 1.39 bits per heavy atom. The number of thiophene rings is 1. The van der Waals surface area contributed by atoms with E-state index in [-0.39, 0.29) is 12.2 Å². The smallest absolute Gasteiger partial charge is 0.260 e. The topological polar surface area (TPSA) is 66.0 Å². The van der Waals surface area contributed by atoms with Crippen molar-refractivity contribution >= 4 is 33.3 Å². The lowest BCUT2D eigenvalue weighted by Crippen LogP contribution is -2.11. The van der Waals surface area contributed by atoms with Crippen LogP contribution < -0.4 is 5.56 Å². The zero-order valence-corrected chi connectivity index (χ0v) is 11.5. The summed E-state index contributed by atoms with van der Waals surface area (Å²) in [5, 5.41) is 10.2. The minimum absolute atomic E-state index is 0.0279. The highest BCUT2D eigenvalue weighted by Crippen LogP contribution is 2.34. The number of thioether (sulfide) groups is 1. The van der Waals surface area contributed by atoms with E-state index in [9.17, 15) is 4.79 Å². The second-order valence-electron chi connectivity index (χ2n) is 4.33. The van der Waals surface area contributed by atoms with E-state index in [1.165, 1.54) is 35.0 Å². The molecule has 18 heavy (non-hydrogen) atoms. The highest BCUT2D eigenvalue weighted by Gasteiger charge is 2.19. The van der Waals surface area contributed by atoms with Gasteiger partial charge >= 0.3 is 0 Å². The van der Waals surface area contributed by atoms with E-state index in [2.05, 4.69) is 9.97 Å². The van der Waals surface area contributed by atoms with Crippen molar-refractivity contribution < 1.29 is 5.11 Å². The number of aromatic nitrogens is 2. The van der Waals surface area contributed by atoms with Gasteiger partial charge in [0, 0.05) is 10.6 Å². The number of rotatable bonds is 3. The Hall–Kier alpha value is -0.850. The highest BCUT2D eigenvalue weighted by atomic mass is 32.2. The van der Waals surface area contributed by atoms with Crippen LogP contribution in [0.1, 0.15) is 23.3 Å². The number of H-pyrrole nitrogens is 1. The molecule has 2 heterocycles. The lowest BCUT2D eigenvalue weighted by Gasteiger charge is -2.09. The molecule has 96 valence electrons. The van der Waals surface area contributed by atoms with Gasteiger partial charge < -0.3 is 10.1 Å². The predicted octanol–water partition coefficient (Wildman–Crippen LogP) is 1.95. The molecule has 0 spiro atoms. The molecule has 2 N–H and O–H groups in total.